The first-order valence-corrected chi connectivity index (χ1v) is 7.36. The Labute approximate surface area is 114 Å². The summed E-state index contributed by atoms with van der Waals surface area (Å²) < 4.78 is 0. The standard InChI is InChI=1S/C14H22ClNS/c1-9(2)11(4)17-13-6-5-12(7-10(3)16)14(15)8-13/h5-6,8-11H,7,16H2,1-4H3. The second-order valence-electron chi connectivity index (χ2n) is 5.00. The maximum Gasteiger partial charge on any atom is 0.0449 e. The van der Waals surface area contributed by atoms with E-state index in [0.29, 0.717) is 11.2 Å². The summed E-state index contributed by atoms with van der Waals surface area (Å²) in [5.74, 6) is 0.669. The number of rotatable bonds is 5. The molecule has 0 aliphatic rings. The van der Waals surface area contributed by atoms with Gasteiger partial charge in [-0.05, 0) is 37.0 Å². The molecule has 17 heavy (non-hydrogen) atoms. The summed E-state index contributed by atoms with van der Waals surface area (Å²) in [4.78, 5) is 1.24. The van der Waals surface area contributed by atoms with Gasteiger partial charge in [0.2, 0.25) is 0 Å². The van der Waals surface area contributed by atoms with Crippen molar-refractivity contribution in [1.29, 1.82) is 0 Å². The van der Waals surface area contributed by atoms with Gasteiger partial charge in [0.15, 0.2) is 0 Å². The fraction of sp³-hybridized carbons (Fsp3) is 0.571. The van der Waals surface area contributed by atoms with Crippen molar-refractivity contribution in [2.24, 2.45) is 11.7 Å². The van der Waals surface area contributed by atoms with Gasteiger partial charge in [0.05, 0.1) is 0 Å². The highest BCUT2D eigenvalue weighted by Crippen LogP contribution is 2.31. The van der Waals surface area contributed by atoms with Crippen molar-refractivity contribution in [1.82, 2.24) is 0 Å². The van der Waals surface area contributed by atoms with E-state index in [1.807, 2.05) is 18.7 Å². The normalized spacial score (nSPS) is 15.0. The van der Waals surface area contributed by atoms with E-state index in [0.717, 1.165) is 17.0 Å². The minimum atomic E-state index is 0.153. The van der Waals surface area contributed by atoms with Gasteiger partial charge in [-0.25, -0.2) is 0 Å². The van der Waals surface area contributed by atoms with Gasteiger partial charge in [-0.2, -0.15) is 0 Å². The van der Waals surface area contributed by atoms with Gasteiger partial charge in [-0.15, -0.1) is 11.8 Å². The Morgan fingerprint density at radius 1 is 1.24 bits per heavy atom. The second kappa shape index (κ2) is 6.67. The van der Waals surface area contributed by atoms with Crippen LogP contribution in [0.2, 0.25) is 5.02 Å². The first-order valence-electron chi connectivity index (χ1n) is 6.10. The van der Waals surface area contributed by atoms with Crippen LogP contribution >= 0.6 is 23.4 Å². The molecule has 0 aliphatic heterocycles. The predicted octanol–water partition coefficient (Wildman–Crippen LogP) is 4.37. The molecule has 1 rings (SSSR count). The lowest BCUT2D eigenvalue weighted by Crippen LogP contribution is -2.17. The Balaban J connectivity index is 2.75. The molecule has 3 heteroatoms. The number of halogens is 1. The van der Waals surface area contributed by atoms with Crippen LogP contribution in [0.15, 0.2) is 23.1 Å². The summed E-state index contributed by atoms with van der Waals surface area (Å²) in [6.45, 7) is 8.73. The molecule has 0 heterocycles. The summed E-state index contributed by atoms with van der Waals surface area (Å²) in [5, 5.41) is 1.44. The van der Waals surface area contributed by atoms with E-state index in [1.165, 1.54) is 4.90 Å². The van der Waals surface area contributed by atoms with E-state index in [-0.39, 0.29) is 6.04 Å². The van der Waals surface area contributed by atoms with E-state index in [9.17, 15) is 0 Å². The average Bonchev–Trinajstić information content (AvgIpc) is 2.21. The summed E-state index contributed by atoms with van der Waals surface area (Å²) >= 11 is 8.15. The van der Waals surface area contributed by atoms with Gasteiger partial charge in [-0.3, -0.25) is 0 Å². The third-order valence-corrected chi connectivity index (χ3v) is 4.62. The zero-order chi connectivity index (χ0) is 13.0. The molecular formula is C14H22ClNS. The van der Waals surface area contributed by atoms with Crippen LogP contribution in [0, 0.1) is 5.92 Å². The third kappa shape index (κ3) is 4.90. The van der Waals surface area contributed by atoms with Crippen LogP contribution in [-0.2, 0) is 6.42 Å². The van der Waals surface area contributed by atoms with Crippen LogP contribution < -0.4 is 5.73 Å². The summed E-state index contributed by atoms with van der Waals surface area (Å²) in [5.41, 5.74) is 6.93. The predicted molar refractivity (Wildman–Crippen MR) is 79.0 cm³/mol. The molecule has 0 amide bonds. The van der Waals surface area contributed by atoms with Crippen molar-refractivity contribution in [3.63, 3.8) is 0 Å². The van der Waals surface area contributed by atoms with Crippen LogP contribution in [0.5, 0.6) is 0 Å². The highest BCUT2D eigenvalue weighted by Gasteiger charge is 2.10. The largest absolute Gasteiger partial charge is 0.328 e. The van der Waals surface area contributed by atoms with Crippen molar-refractivity contribution in [2.75, 3.05) is 0 Å². The summed E-state index contributed by atoms with van der Waals surface area (Å²) in [6.07, 6.45) is 0.837. The van der Waals surface area contributed by atoms with E-state index < -0.39 is 0 Å². The van der Waals surface area contributed by atoms with E-state index in [4.69, 9.17) is 17.3 Å². The number of benzene rings is 1. The highest BCUT2D eigenvalue weighted by molar-refractivity contribution is 8.00. The van der Waals surface area contributed by atoms with Gasteiger partial charge in [-0.1, -0.05) is 38.4 Å². The van der Waals surface area contributed by atoms with Crippen LogP contribution in [-0.4, -0.2) is 11.3 Å². The molecule has 2 atom stereocenters. The van der Waals surface area contributed by atoms with Crippen molar-refractivity contribution in [3.05, 3.63) is 28.8 Å². The van der Waals surface area contributed by atoms with Crippen LogP contribution in [0.25, 0.3) is 0 Å². The lowest BCUT2D eigenvalue weighted by molar-refractivity contribution is 0.642. The summed E-state index contributed by atoms with van der Waals surface area (Å²) in [7, 11) is 0. The lowest BCUT2D eigenvalue weighted by Gasteiger charge is -2.16. The van der Waals surface area contributed by atoms with Gasteiger partial charge in [0.1, 0.15) is 0 Å². The average molecular weight is 272 g/mol. The monoisotopic (exact) mass is 271 g/mol. The third-order valence-electron chi connectivity index (χ3n) is 2.83. The minimum Gasteiger partial charge on any atom is -0.328 e. The maximum absolute atomic E-state index is 6.27. The summed E-state index contributed by atoms with van der Waals surface area (Å²) in [6, 6.07) is 6.46. The Morgan fingerprint density at radius 3 is 2.35 bits per heavy atom. The first-order chi connectivity index (χ1) is 7.90. The molecule has 0 fully saturated rings. The Bertz CT molecular complexity index is 363. The molecule has 0 saturated heterocycles. The molecule has 0 saturated carbocycles. The zero-order valence-electron chi connectivity index (χ0n) is 11.0. The van der Waals surface area contributed by atoms with Crippen molar-refractivity contribution in [3.8, 4) is 0 Å². The molecule has 0 spiro atoms. The van der Waals surface area contributed by atoms with Crippen molar-refractivity contribution < 1.29 is 0 Å². The van der Waals surface area contributed by atoms with E-state index in [2.05, 4.69) is 39.0 Å². The lowest BCUT2D eigenvalue weighted by atomic mass is 10.1. The molecule has 1 aromatic carbocycles. The number of nitrogens with two attached hydrogens (primary N) is 1. The van der Waals surface area contributed by atoms with Crippen LogP contribution in [0.1, 0.15) is 33.3 Å². The number of thioether (sulfide) groups is 1. The molecule has 0 radical (unpaired) electrons. The van der Waals surface area contributed by atoms with Crippen molar-refractivity contribution in [2.45, 2.75) is 50.3 Å². The van der Waals surface area contributed by atoms with Gasteiger partial charge in [0.25, 0.3) is 0 Å². The molecule has 2 unspecified atom stereocenters. The smallest absolute Gasteiger partial charge is 0.0449 e. The van der Waals surface area contributed by atoms with E-state index >= 15 is 0 Å². The van der Waals surface area contributed by atoms with Crippen LogP contribution in [0.4, 0.5) is 0 Å². The van der Waals surface area contributed by atoms with Gasteiger partial charge < -0.3 is 5.73 Å². The quantitative estimate of drug-likeness (QED) is 0.805. The fourth-order valence-electron chi connectivity index (χ4n) is 1.46. The Morgan fingerprint density at radius 2 is 1.88 bits per heavy atom. The second-order valence-corrected chi connectivity index (χ2v) is 6.86. The molecule has 0 aliphatic carbocycles. The number of hydrogen-bond acceptors (Lipinski definition) is 2. The maximum atomic E-state index is 6.27. The molecule has 1 aromatic rings. The van der Waals surface area contributed by atoms with Crippen LogP contribution in [0.3, 0.4) is 0 Å². The molecule has 0 bridgehead atoms. The fourth-order valence-corrected chi connectivity index (χ4v) is 2.82. The Kier molecular flexibility index (Phi) is 5.84. The van der Waals surface area contributed by atoms with Gasteiger partial charge >= 0.3 is 0 Å². The zero-order valence-corrected chi connectivity index (χ0v) is 12.6. The van der Waals surface area contributed by atoms with E-state index in [1.54, 1.807) is 0 Å². The molecule has 0 aromatic heterocycles. The molecular weight excluding hydrogens is 250 g/mol. The van der Waals surface area contributed by atoms with Crippen molar-refractivity contribution >= 4 is 23.4 Å². The first kappa shape index (κ1) is 14.9. The van der Waals surface area contributed by atoms with Gasteiger partial charge in [0, 0.05) is 21.2 Å². The highest BCUT2D eigenvalue weighted by atomic mass is 35.5. The molecule has 96 valence electrons. The Hall–Kier alpha value is -0.180. The molecule has 2 N–H and O–H groups in total. The topological polar surface area (TPSA) is 26.0 Å². The number of hydrogen-bond donors (Lipinski definition) is 1. The molecule has 1 nitrogen and oxygen atoms in total. The SMILES string of the molecule is CC(N)Cc1ccc(SC(C)C(C)C)cc1Cl. The minimum absolute atomic E-state index is 0.153.